The van der Waals surface area contributed by atoms with Crippen LogP contribution in [-0.4, -0.2) is 29.2 Å². The smallest absolute Gasteiger partial charge is 0.475 e. The highest BCUT2D eigenvalue weighted by Crippen LogP contribution is 2.20. The Morgan fingerprint density at radius 3 is 2.45 bits per heavy atom. The van der Waals surface area contributed by atoms with Crippen molar-refractivity contribution in [2.45, 2.75) is 25.1 Å². The second kappa shape index (κ2) is 6.38. The SMILES string of the molecule is NC1CCc2ccccc2NC1=O.O=C(O)C(F)(F)F. The first kappa shape index (κ1) is 16.0. The summed E-state index contributed by atoms with van der Waals surface area (Å²) < 4.78 is 31.7. The highest BCUT2D eigenvalue weighted by Gasteiger charge is 2.38. The molecule has 0 radical (unpaired) electrons. The third-order valence-corrected chi connectivity index (χ3v) is 2.58. The van der Waals surface area contributed by atoms with E-state index in [0.717, 1.165) is 18.5 Å². The second-order valence-electron chi connectivity index (χ2n) is 4.09. The van der Waals surface area contributed by atoms with E-state index in [1.165, 1.54) is 5.56 Å². The number of carboxylic acids is 1. The van der Waals surface area contributed by atoms with Crippen LogP contribution in [0.5, 0.6) is 0 Å². The molecule has 0 spiro atoms. The second-order valence-corrected chi connectivity index (χ2v) is 4.09. The molecule has 1 aliphatic heterocycles. The van der Waals surface area contributed by atoms with E-state index in [1.54, 1.807) is 0 Å². The number of nitrogens with two attached hydrogens (primary N) is 1. The third-order valence-electron chi connectivity index (χ3n) is 2.58. The molecule has 4 N–H and O–H groups in total. The number of rotatable bonds is 0. The number of carbonyl (C=O) groups is 2. The molecule has 0 saturated carbocycles. The summed E-state index contributed by atoms with van der Waals surface area (Å²) in [4.78, 5) is 20.2. The predicted molar refractivity (Wildman–Crippen MR) is 65.1 cm³/mol. The van der Waals surface area contributed by atoms with E-state index < -0.39 is 12.1 Å². The summed E-state index contributed by atoms with van der Waals surface area (Å²) in [6.07, 6.45) is -3.49. The molecule has 5 nitrogen and oxygen atoms in total. The molecular weight excluding hydrogens is 277 g/mol. The molecule has 1 aromatic carbocycles. The number of para-hydroxylation sites is 1. The zero-order chi connectivity index (χ0) is 15.3. The van der Waals surface area contributed by atoms with E-state index in [-0.39, 0.29) is 11.9 Å². The van der Waals surface area contributed by atoms with Crippen LogP contribution in [0.1, 0.15) is 12.0 Å². The van der Waals surface area contributed by atoms with Crippen molar-refractivity contribution in [3.05, 3.63) is 29.8 Å². The van der Waals surface area contributed by atoms with Gasteiger partial charge in [0, 0.05) is 5.69 Å². The summed E-state index contributed by atoms with van der Waals surface area (Å²) in [6.45, 7) is 0. The Kier molecular flexibility index (Phi) is 5.09. The first-order chi connectivity index (χ1) is 9.21. The topological polar surface area (TPSA) is 92.4 Å². The Labute approximate surface area is 112 Å². The van der Waals surface area contributed by atoms with Crippen LogP contribution in [0.4, 0.5) is 18.9 Å². The summed E-state index contributed by atoms with van der Waals surface area (Å²) in [7, 11) is 0. The number of halogens is 3. The van der Waals surface area contributed by atoms with Gasteiger partial charge in [-0.3, -0.25) is 4.79 Å². The molecule has 1 aliphatic rings. The number of amides is 1. The molecule has 110 valence electrons. The number of nitrogens with one attached hydrogen (secondary N) is 1. The number of benzene rings is 1. The van der Waals surface area contributed by atoms with E-state index in [4.69, 9.17) is 15.6 Å². The van der Waals surface area contributed by atoms with Crippen molar-refractivity contribution in [2.24, 2.45) is 5.73 Å². The van der Waals surface area contributed by atoms with Crippen LogP contribution in [0, 0.1) is 0 Å². The number of aliphatic carboxylic acids is 1. The number of hydrogen-bond acceptors (Lipinski definition) is 3. The van der Waals surface area contributed by atoms with Crippen LogP contribution in [0.15, 0.2) is 24.3 Å². The lowest BCUT2D eigenvalue weighted by atomic mass is 10.1. The normalized spacial score (nSPS) is 18.0. The van der Waals surface area contributed by atoms with Crippen molar-refractivity contribution in [1.29, 1.82) is 0 Å². The molecule has 0 aliphatic carbocycles. The van der Waals surface area contributed by atoms with Crippen molar-refractivity contribution in [3.63, 3.8) is 0 Å². The lowest BCUT2D eigenvalue weighted by molar-refractivity contribution is -0.192. The molecule has 20 heavy (non-hydrogen) atoms. The number of aryl methyl sites for hydroxylation is 1. The number of carboxylic acid groups (broad SMARTS) is 1. The molecule has 2 rings (SSSR count). The maximum atomic E-state index is 11.3. The molecule has 0 aromatic heterocycles. The highest BCUT2D eigenvalue weighted by atomic mass is 19.4. The molecule has 1 amide bonds. The van der Waals surface area contributed by atoms with E-state index >= 15 is 0 Å². The minimum atomic E-state index is -5.08. The molecule has 0 fully saturated rings. The highest BCUT2D eigenvalue weighted by molar-refractivity contribution is 5.96. The Morgan fingerprint density at radius 2 is 1.90 bits per heavy atom. The summed E-state index contributed by atoms with van der Waals surface area (Å²) in [5, 5.41) is 9.93. The molecule has 0 bridgehead atoms. The lowest BCUT2D eigenvalue weighted by Crippen LogP contribution is -2.34. The first-order valence-electron chi connectivity index (χ1n) is 5.66. The fourth-order valence-electron chi connectivity index (χ4n) is 1.53. The van der Waals surface area contributed by atoms with Gasteiger partial charge in [-0.25, -0.2) is 4.79 Å². The van der Waals surface area contributed by atoms with Crippen LogP contribution >= 0.6 is 0 Å². The maximum Gasteiger partial charge on any atom is 0.490 e. The Bertz CT molecular complexity index is 503. The molecule has 1 atom stereocenters. The Hall–Kier alpha value is -2.09. The zero-order valence-corrected chi connectivity index (χ0v) is 10.3. The van der Waals surface area contributed by atoms with Crippen molar-refractivity contribution in [1.82, 2.24) is 0 Å². The maximum absolute atomic E-state index is 11.3. The summed E-state index contributed by atoms with van der Waals surface area (Å²) in [5.41, 5.74) is 7.72. The fraction of sp³-hybridized carbons (Fsp3) is 0.333. The lowest BCUT2D eigenvalue weighted by Gasteiger charge is -2.06. The minimum absolute atomic E-state index is 0.0787. The number of fused-ring (bicyclic) bond motifs is 1. The third kappa shape index (κ3) is 4.54. The molecule has 0 saturated heterocycles. The summed E-state index contributed by atoms with van der Waals surface area (Å²) in [6, 6.07) is 7.45. The average Bonchev–Trinajstić information content (AvgIpc) is 2.49. The molecule has 1 aromatic rings. The van der Waals surface area contributed by atoms with Crippen LogP contribution in [-0.2, 0) is 16.0 Å². The van der Waals surface area contributed by atoms with E-state index in [2.05, 4.69) is 5.32 Å². The minimum Gasteiger partial charge on any atom is -0.475 e. The quantitative estimate of drug-likeness (QED) is 0.675. The van der Waals surface area contributed by atoms with Gasteiger partial charge in [0.2, 0.25) is 5.91 Å². The van der Waals surface area contributed by atoms with E-state index in [9.17, 15) is 18.0 Å². The van der Waals surface area contributed by atoms with Gasteiger partial charge in [0.05, 0.1) is 6.04 Å². The summed E-state index contributed by atoms with van der Waals surface area (Å²) in [5.74, 6) is -2.84. The van der Waals surface area contributed by atoms with E-state index in [1.807, 2.05) is 24.3 Å². The van der Waals surface area contributed by atoms with Gasteiger partial charge >= 0.3 is 12.1 Å². The largest absolute Gasteiger partial charge is 0.490 e. The number of carbonyl (C=O) groups excluding carboxylic acids is 1. The molecular formula is C12H13F3N2O3. The van der Waals surface area contributed by atoms with Gasteiger partial charge in [-0.15, -0.1) is 0 Å². The monoisotopic (exact) mass is 290 g/mol. The van der Waals surface area contributed by atoms with Gasteiger partial charge < -0.3 is 16.2 Å². The predicted octanol–water partition coefficient (Wildman–Crippen LogP) is 1.53. The van der Waals surface area contributed by atoms with Gasteiger partial charge in [0.1, 0.15) is 0 Å². The van der Waals surface area contributed by atoms with Gasteiger partial charge in [0.25, 0.3) is 0 Å². The van der Waals surface area contributed by atoms with Crippen LogP contribution in [0.2, 0.25) is 0 Å². The van der Waals surface area contributed by atoms with Crippen LogP contribution < -0.4 is 11.1 Å². The fourth-order valence-corrected chi connectivity index (χ4v) is 1.53. The number of anilines is 1. The number of alkyl halides is 3. The van der Waals surface area contributed by atoms with Crippen molar-refractivity contribution < 1.29 is 27.9 Å². The Morgan fingerprint density at radius 1 is 1.35 bits per heavy atom. The summed E-state index contributed by atoms with van der Waals surface area (Å²) >= 11 is 0. The van der Waals surface area contributed by atoms with Crippen molar-refractivity contribution >= 4 is 17.6 Å². The van der Waals surface area contributed by atoms with Gasteiger partial charge in [-0.05, 0) is 24.5 Å². The molecule has 8 heteroatoms. The average molecular weight is 290 g/mol. The van der Waals surface area contributed by atoms with Crippen LogP contribution in [0.25, 0.3) is 0 Å². The molecule has 1 unspecified atom stereocenters. The zero-order valence-electron chi connectivity index (χ0n) is 10.3. The van der Waals surface area contributed by atoms with Crippen molar-refractivity contribution in [3.8, 4) is 0 Å². The van der Waals surface area contributed by atoms with Gasteiger partial charge in [-0.2, -0.15) is 13.2 Å². The van der Waals surface area contributed by atoms with Crippen LogP contribution in [0.3, 0.4) is 0 Å². The first-order valence-corrected chi connectivity index (χ1v) is 5.66. The Balaban J connectivity index is 0.000000246. The number of hydrogen-bond donors (Lipinski definition) is 3. The molecule has 1 heterocycles. The van der Waals surface area contributed by atoms with E-state index in [0.29, 0.717) is 0 Å². The van der Waals surface area contributed by atoms with Gasteiger partial charge in [0.15, 0.2) is 0 Å². The standard InChI is InChI=1S/C10H12N2O.C2HF3O2/c11-8-6-5-7-3-1-2-4-9(7)12-10(8)13;3-2(4,5)1(6)7/h1-4,8H,5-6,11H2,(H,12,13);(H,6,7). The van der Waals surface area contributed by atoms with Gasteiger partial charge in [-0.1, -0.05) is 18.2 Å². The van der Waals surface area contributed by atoms with Crippen molar-refractivity contribution in [2.75, 3.05) is 5.32 Å².